The zero-order chi connectivity index (χ0) is 12.7. The number of unbranched alkanes of at least 4 members (excludes halogenated alkanes) is 3. The van der Waals surface area contributed by atoms with Crippen molar-refractivity contribution < 1.29 is 13.2 Å². The van der Waals surface area contributed by atoms with Gasteiger partial charge in [-0.3, -0.25) is 0 Å². The molecule has 0 fully saturated rings. The fraction of sp³-hybridized carbons (Fsp3) is 0.538. The third kappa shape index (κ3) is 5.11. The van der Waals surface area contributed by atoms with Crippen molar-refractivity contribution in [2.24, 2.45) is 0 Å². The van der Waals surface area contributed by atoms with E-state index in [9.17, 15) is 13.2 Å². The first-order valence-electron chi connectivity index (χ1n) is 5.93. The summed E-state index contributed by atoms with van der Waals surface area (Å²) in [6, 6.07) is 0. The Balaban J connectivity index is 2.44. The van der Waals surface area contributed by atoms with Crippen LogP contribution in [0.1, 0.15) is 32.6 Å². The molecule has 1 heterocycles. The molecule has 1 aliphatic rings. The van der Waals surface area contributed by atoms with Crippen molar-refractivity contribution in [3.63, 3.8) is 0 Å². The topological polar surface area (TPSA) is 3.24 Å². The Morgan fingerprint density at radius 3 is 2.53 bits per heavy atom. The van der Waals surface area contributed by atoms with Crippen LogP contribution in [0.15, 0.2) is 36.2 Å². The van der Waals surface area contributed by atoms with Crippen LogP contribution in [0.2, 0.25) is 0 Å². The minimum absolute atomic E-state index is 0.607. The molecule has 0 aromatic carbocycles. The Hall–Kier alpha value is -1.19. The van der Waals surface area contributed by atoms with Crippen LogP contribution < -0.4 is 0 Å². The lowest BCUT2D eigenvalue weighted by molar-refractivity contribution is -0.0882. The largest absolute Gasteiger partial charge is 0.416 e. The summed E-state index contributed by atoms with van der Waals surface area (Å²) in [6.07, 6.45) is 7.04. The van der Waals surface area contributed by atoms with E-state index in [4.69, 9.17) is 0 Å². The maximum atomic E-state index is 12.4. The van der Waals surface area contributed by atoms with Crippen molar-refractivity contribution in [3.8, 4) is 0 Å². The van der Waals surface area contributed by atoms with E-state index >= 15 is 0 Å². The average Bonchev–Trinajstić information content (AvgIpc) is 2.49. The van der Waals surface area contributed by atoms with Crippen LogP contribution in [0.25, 0.3) is 0 Å². The van der Waals surface area contributed by atoms with Gasteiger partial charge in [0.05, 0.1) is 5.57 Å². The van der Waals surface area contributed by atoms with Gasteiger partial charge in [-0.2, -0.15) is 13.2 Å². The van der Waals surface area contributed by atoms with Crippen LogP contribution in [0.4, 0.5) is 13.2 Å². The summed E-state index contributed by atoms with van der Waals surface area (Å²) < 4.78 is 37.3. The van der Waals surface area contributed by atoms with Crippen LogP contribution >= 0.6 is 0 Å². The van der Waals surface area contributed by atoms with Gasteiger partial charge in [0, 0.05) is 18.9 Å². The highest BCUT2D eigenvalue weighted by molar-refractivity contribution is 5.30. The molecular weight excluding hydrogens is 227 g/mol. The van der Waals surface area contributed by atoms with E-state index in [1.807, 2.05) is 0 Å². The lowest BCUT2D eigenvalue weighted by Gasteiger charge is -2.14. The molecule has 0 N–H and O–H groups in total. The van der Waals surface area contributed by atoms with E-state index in [1.165, 1.54) is 18.7 Å². The average molecular weight is 245 g/mol. The minimum atomic E-state index is -4.26. The first-order chi connectivity index (χ1) is 8.04. The molecule has 0 saturated carbocycles. The smallest absolute Gasteiger partial charge is 0.354 e. The Labute approximate surface area is 100 Å². The van der Waals surface area contributed by atoms with E-state index in [-0.39, 0.29) is 0 Å². The predicted octanol–water partition coefficient (Wildman–Crippen LogP) is 4.40. The second-order valence-electron chi connectivity index (χ2n) is 4.08. The molecule has 0 spiro atoms. The normalized spacial score (nSPS) is 16.0. The molecule has 1 aliphatic heterocycles. The molecule has 96 valence electrons. The first kappa shape index (κ1) is 13.9. The summed E-state index contributed by atoms with van der Waals surface area (Å²) in [4.78, 5) is 1.80. The van der Waals surface area contributed by atoms with Gasteiger partial charge in [0.15, 0.2) is 0 Å². The second kappa shape index (κ2) is 6.52. The van der Waals surface area contributed by atoms with Crippen molar-refractivity contribution >= 4 is 0 Å². The van der Waals surface area contributed by atoms with Gasteiger partial charge in [-0.05, 0) is 24.6 Å². The molecule has 1 nitrogen and oxygen atoms in total. The van der Waals surface area contributed by atoms with Crippen LogP contribution in [0.3, 0.4) is 0 Å². The first-order valence-corrected chi connectivity index (χ1v) is 5.93. The van der Waals surface area contributed by atoms with Crippen LogP contribution in [-0.2, 0) is 0 Å². The van der Waals surface area contributed by atoms with Gasteiger partial charge in [0.1, 0.15) is 0 Å². The second-order valence-corrected chi connectivity index (χ2v) is 4.08. The molecule has 0 amide bonds. The van der Waals surface area contributed by atoms with Gasteiger partial charge in [0.25, 0.3) is 0 Å². The highest BCUT2D eigenvalue weighted by Gasteiger charge is 2.31. The molecule has 0 bridgehead atoms. The maximum absolute atomic E-state index is 12.4. The molecule has 0 radical (unpaired) electrons. The fourth-order valence-electron chi connectivity index (χ4n) is 1.60. The quantitative estimate of drug-likeness (QED) is 0.649. The summed E-state index contributed by atoms with van der Waals surface area (Å²) in [5.41, 5.74) is -0.607. The van der Waals surface area contributed by atoms with Crippen molar-refractivity contribution in [3.05, 3.63) is 36.2 Å². The number of nitrogens with zero attached hydrogens (tertiary/aromatic N) is 1. The molecule has 17 heavy (non-hydrogen) atoms. The monoisotopic (exact) mass is 245 g/mol. The Morgan fingerprint density at radius 2 is 1.88 bits per heavy atom. The van der Waals surface area contributed by atoms with Gasteiger partial charge < -0.3 is 4.90 Å². The number of rotatable bonds is 5. The van der Waals surface area contributed by atoms with Crippen molar-refractivity contribution in [2.45, 2.75) is 38.8 Å². The van der Waals surface area contributed by atoms with E-state index in [0.717, 1.165) is 38.0 Å². The van der Waals surface area contributed by atoms with Gasteiger partial charge in [0.2, 0.25) is 0 Å². The van der Waals surface area contributed by atoms with Crippen molar-refractivity contribution in [1.82, 2.24) is 4.90 Å². The molecule has 0 saturated heterocycles. The van der Waals surface area contributed by atoms with Crippen LogP contribution in [-0.4, -0.2) is 17.6 Å². The summed E-state index contributed by atoms with van der Waals surface area (Å²) in [5.74, 6) is 0. The molecule has 0 atom stereocenters. The summed E-state index contributed by atoms with van der Waals surface area (Å²) in [5, 5.41) is 0. The lowest BCUT2D eigenvalue weighted by Crippen LogP contribution is -2.12. The van der Waals surface area contributed by atoms with Gasteiger partial charge in [-0.15, -0.1) is 0 Å². The Morgan fingerprint density at radius 1 is 1.12 bits per heavy atom. The van der Waals surface area contributed by atoms with E-state index in [0.29, 0.717) is 0 Å². The van der Waals surface area contributed by atoms with E-state index in [2.05, 4.69) is 6.92 Å². The third-order valence-electron chi connectivity index (χ3n) is 2.60. The molecule has 0 aromatic rings. The molecule has 4 heteroatoms. The van der Waals surface area contributed by atoms with Crippen molar-refractivity contribution in [2.75, 3.05) is 6.54 Å². The maximum Gasteiger partial charge on any atom is 0.416 e. The van der Waals surface area contributed by atoms with Crippen LogP contribution in [0.5, 0.6) is 0 Å². The molecule has 1 rings (SSSR count). The summed E-state index contributed by atoms with van der Waals surface area (Å²) in [6.45, 7) is 2.90. The third-order valence-corrected chi connectivity index (χ3v) is 2.60. The molecule has 0 aromatic heterocycles. The number of alkyl halides is 3. The van der Waals surface area contributed by atoms with Crippen LogP contribution in [0, 0.1) is 0 Å². The molecule has 0 unspecified atom stereocenters. The SMILES string of the molecule is CCCCCCN1C=CC=C(C(F)(F)F)C=C1. The van der Waals surface area contributed by atoms with E-state index in [1.54, 1.807) is 11.1 Å². The van der Waals surface area contributed by atoms with Gasteiger partial charge in [-0.1, -0.05) is 26.2 Å². The fourth-order valence-corrected chi connectivity index (χ4v) is 1.60. The standard InChI is InChI=1S/C13H18F3N/c1-2-3-4-5-9-17-10-6-7-12(8-11-17)13(14,15)16/h6-8,10-11H,2-5,9H2,1H3. The Bertz CT molecular complexity index is 313. The number of allylic oxidation sites excluding steroid dienone is 4. The number of hydrogen-bond acceptors (Lipinski definition) is 1. The summed E-state index contributed by atoms with van der Waals surface area (Å²) >= 11 is 0. The van der Waals surface area contributed by atoms with Crippen molar-refractivity contribution in [1.29, 1.82) is 0 Å². The number of hydrogen-bond donors (Lipinski definition) is 0. The molecule has 0 aliphatic carbocycles. The van der Waals surface area contributed by atoms with E-state index < -0.39 is 11.7 Å². The Kier molecular flexibility index (Phi) is 5.32. The predicted molar refractivity (Wildman–Crippen MR) is 63.3 cm³/mol. The van der Waals surface area contributed by atoms with Gasteiger partial charge in [-0.25, -0.2) is 0 Å². The highest BCUT2D eigenvalue weighted by atomic mass is 19.4. The molecular formula is C13H18F3N. The minimum Gasteiger partial charge on any atom is -0.354 e. The highest BCUT2D eigenvalue weighted by Crippen LogP contribution is 2.27. The zero-order valence-electron chi connectivity index (χ0n) is 10.0. The van der Waals surface area contributed by atoms with Gasteiger partial charge >= 0.3 is 6.18 Å². The zero-order valence-corrected chi connectivity index (χ0v) is 10.0. The lowest BCUT2D eigenvalue weighted by atomic mass is 10.2. The number of halogens is 3. The summed E-state index contributed by atoms with van der Waals surface area (Å²) in [7, 11) is 0.